The minimum absolute atomic E-state index is 0.0842. The van der Waals surface area contributed by atoms with Gasteiger partial charge in [-0.25, -0.2) is 4.39 Å². The van der Waals surface area contributed by atoms with Crippen molar-refractivity contribution < 1.29 is 23.8 Å². The highest BCUT2D eigenvalue weighted by Gasteiger charge is 2.26. The van der Waals surface area contributed by atoms with Crippen LogP contribution in [-0.4, -0.2) is 74.4 Å². The van der Waals surface area contributed by atoms with Gasteiger partial charge in [-0.15, -0.1) is 0 Å². The number of amides is 2. The molecule has 1 saturated heterocycles. The maximum absolute atomic E-state index is 13.8. The minimum Gasteiger partial charge on any atom is -0.394 e. The van der Waals surface area contributed by atoms with E-state index in [4.69, 9.17) is 9.84 Å². The molecule has 1 heterocycles. The molecule has 7 nitrogen and oxygen atoms in total. The molecule has 0 unspecified atom stereocenters. The normalized spacial score (nSPS) is 14.6. The molecule has 2 rings (SSSR count). The topological polar surface area (TPSA) is 82.1 Å². The lowest BCUT2D eigenvalue weighted by Crippen LogP contribution is -2.53. The Labute approximate surface area is 140 Å². The Morgan fingerprint density at radius 2 is 1.88 bits per heavy atom. The molecular formula is C16H22FN3O4. The fraction of sp³-hybridized carbons (Fsp3) is 0.500. The van der Waals surface area contributed by atoms with Crippen LogP contribution in [0.4, 0.5) is 10.1 Å². The van der Waals surface area contributed by atoms with E-state index in [1.165, 1.54) is 11.0 Å². The number of aliphatic hydroxyl groups is 1. The van der Waals surface area contributed by atoms with Crippen LogP contribution in [0.5, 0.6) is 0 Å². The standard InChI is InChI=1S/C16H22FN3O4/c17-13-3-1-2-4-14(13)19-6-8-20(9-7-19)16(23)15(22)18-5-11-24-12-10-21/h1-4,21H,5-12H2,(H,18,22). The number of hydrogen-bond acceptors (Lipinski definition) is 5. The molecule has 0 spiro atoms. The van der Waals surface area contributed by atoms with E-state index in [0.717, 1.165) is 0 Å². The predicted molar refractivity (Wildman–Crippen MR) is 86.1 cm³/mol. The lowest BCUT2D eigenvalue weighted by atomic mass is 10.2. The molecule has 2 N–H and O–H groups in total. The highest BCUT2D eigenvalue weighted by atomic mass is 19.1. The van der Waals surface area contributed by atoms with E-state index in [9.17, 15) is 14.0 Å². The van der Waals surface area contributed by atoms with Gasteiger partial charge in [0, 0.05) is 32.7 Å². The Bertz CT molecular complexity index is 562. The van der Waals surface area contributed by atoms with E-state index < -0.39 is 11.8 Å². The van der Waals surface area contributed by atoms with Crippen LogP contribution in [0.3, 0.4) is 0 Å². The summed E-state index contributed by atoms with van der Waals surface area (Å²) >= 11 is 0. The number of halogens is 1. The number of carbonyl (C=O) groups excluding carboxylic acids is 2. The summed E-state index contributed by atoms with van der Waals surface area (Å²) in [6.45, 7) is 2.23. The number of benzene rings is 1. The summed E-state index contributed by atoms with van der Waals surface area (Å²) in [5, 5.41) is 11.0. The van der Waals surface area contributed by atoms with Gasteiger partial charge in [-0.05, 0) is 12.1 Å². The highest BCUT2D eigenvalue weighted by molar-refractivity contribution is 6.35. The van der Waals surface area contributed by atoms with Crippen LogP contribution in [0.1, 0.15) is 0 Å². The van der Waals surface area contributed by atoms with E-state index in [0.29, 0.717) is 31.9 Å². The molecule has 0 atom stereocenters. The molecule has 0 bridgehead atoms. The second-order valence-electron chi connectivity index (χ2n) is 5.32. The number of nitrogens with one attached hydrogen (secondary N) is 1. The molecule has 24 heavy (non-hydrogen) atoms. The number of para-hydroxylation sites is 1. The molecule has 1 aliphatic heterocycles. The van der Waals surface area contributed by atoms with Crippen LogP contribution in [0, 0.1) is 5.82 Å². The average Bonchev–Trinajstić information content (AvgIpc) is 2.61. The van der Waals surface area contributed by atoms with Crippen molar-refractivity contribution in [2.24, 2.45) is 0 Å². The first kappa shape index (κ1) is 18.2. The second kappa shape index (κ2) is 9.19. The number of anilines is 1. The molecule has 8 heteroatoms. The van der Waals surface area contributed by atoms with Gasteiger partial charge in [-0.3, -0.25) is 9.59 Å². The smallest absolute Gasteiger partial charge is 0.312 e. The van der Waals surface area contributed by atoms with Crippen LogP contribution in [0.15, 0.2) is 24.3 Å². The third-order valence-electron chi connectivity index (χ3n) is 3.72. The lowest BCUT2D eigenvalue weighted by Gasteiger charge is -2.35. The summed E-state index contributed by atoms with van der Waals surface area (Å²) in [7, 11) is 0. The zero-order valence-corrected chi connectivity index (χ0v) is 13.4. The first-order valence-electron chi connectivity index (χ1n) is 7.88. The Kier molecular flexibility index (Phi) is 6.95. The second-order valence-corrected chi connectivity index (χ2v) is 5.32. The Balaban J connectivity index is 1.76. The summed E-state index contributed by atoms with van der Waals surface area (Å²) in [5.74, 6) is -1.56. The fourth-order valence-corrected chi connectivity index (χ4v) is 2.48. The van der Waals surface area contributed by atoms with Crippen molar-refractivity contribution in [1.29, 1.82) is 0 Å². The molecule has 0 aromatic heterocycles. The van der Waals surface area contributed by atoms with Crippen LogP contribution in [0.25, 0.3) is 0 Å². The maximum Gasteiger partial charge on any atom is 0.312 e. The number of rotatable bonds is 6. The molecule has 0 aliphatic carbocycles. The zero-order chi connectivity index (χ0) is 17.4. The van der Waals surface area contributed by atoms with Crippen LogP contribution >= 0.6 is 0 Å². The SMILES string of the molecule is O=C(NCCOCCO)C(=O)N1CCN(c2ccccc2F)CC1. The molecule has 2 amide bonds. The van der Waals surface area contributed by atoms with E-state index >= 15 is 0 Å². The number of carbonyl (C=O) groups is 2. The van der Waals surface area contributed by atoms with Gasteiger partial charge in [0.25, 0.3) is 0 Å². The summed E-state index contributed by atoms with van der Waals surface area (Å²) in [6.07, 6.45) is 0. The van der Waals surface area contributed by atoms with Crippen molar-refractivity contribution in [2.75, 3.05) is 57.4 Å². The molecule has 1 aromatic rings. The van der Waals surface area contributed by atoms with Crippen molar-refractivity contribution >= 4 is 17.5 Å². The summed E-state index contributed by atoms with van der Waals surface area (Å²) in [4.78, 5) is 27.2. The van der Waals surface area contributed by atoms with Gasteiger partial charge in [-0.2, -0.15) is 0 Å². The summed E-state index contributed by atoms with van der Waals surface area (Å²) < 4.78 is 18.8. The zero-order valence-electron chi connectivity index (χ0n) is 13.4. The third kappa shape index (κ3) is 4.90. The van der Waals surface area contributed by atoms with Gasteiger partial charge >= 0.3 is 11.8 Å². The van der Waals surface area contributed by atoms with Gasteiger partial charge in [0.05, 0.1) is 25.5 Å². The third-order valence-corrected chi connectivity index (χ3v) is 3.72. The Hall–Kier alpha value is -2.19. The Morgan fingerprint density at radius 1 is 1.17 bits per heavy atom. The largest absolute Gasteiger partial charge is 0.394 e. The van der Waals surface area contributed by atoms with Crippen LogP contribution in [-0.2, 0) is 14.3 Å². The number of ether oxygens (including phenoxy) is 1. The number of nitrogens with zero attached hydrogens (tertiary/aromatic N) is 2. The van der Waals surface area contributed by atoms with E-state index in [1.54, 1.807) is 18.2 Å². The van der Waals surface area contributed by atoms with Gasteiger partial charge in [0.2, 0.25) is 0 Å². The monoisotopic (exact) mass is 339 g/mol. The first-order valence-corrected chi connectivity index (χ1v) is 7.88. The molecular weight excluding hydrogens is 317 g/mol. The molecule has 0 saturated carbocycles. The van der Waals surface area contributed by atoms with Crippen molar-refractivity contribution in [3.8, 4) is 0 Å². The number of hydrogen-bond donors (Lipinski definition) is 2. The van der Waals surface area contributed by atoms with Gasteiger partial charge in [0.15, 0.2) is 0 Å². The van der Waals surface area contributed by atoms with Crippen molar-refractivity contribution in [3.05, 3.63) is 30.1 Å². The van der Waals surface area contributed by atoms with Gasteiger partial charge in [-0.1, -0.05) is 12.1 Å². The van der Waals surface area contributed by atoms with Crippen molar-refractivity contribution in [2.45, 2.75) is 0 Å². The number of aliphatic hydroxyl groups excluding tert-OH is 1. The van der Waals surface area contributed by atoms with Crippen LogP contribution in [0.2, 0.25) is 0 Å². The van der Waals surface area contributed by atoms with Crippen molar-refractivity contribution in [1.82, 2.24) is 10.2 Å². The minimum atomic E-state index is -0.679. The molecule has 1 aliphatic rings. The average molecular weight is 339 g/mol. The molecule has 1 fully saturated rings. The summed E-state index contributed by atoms with van der Waals surface area (Å²) in [5.41, 5.74) is 0.509. The van der Waals surface area contributed by atoms with Gasteiger partial charge in [0.1, 0.15) is 5.82 Å². The van der Waals surface area contributed by atoms with Crippen molar-refractivity contribution in [3.63, 3.8) is 0 Å². The van der Waals surface area contributed by atoms with E-state index in [2.05, 4.69) is 5.32 Å². The molecule has 1 aromatic carbocycles. The van der Waals surface area contributed by atoms with E-state index in [-0.39, 0.29) is 32.2 Å². The molecule has 0 radical (unpaired) electrons. The quantitative estimate of drug-likeness (QED) is 0.544. The Morgan fingerprint density at radius 3 is 2.54 bits per heavy atom. The first-order chi connectivity index (χ1) is 11.6. The lowest BCUT2D eigenvalue weighted by molar-refractivity contribution is -0.146. The summed E-state index contributed by atoms with van der Waals surface area (Å²) in [6, 6.07) is 6.50. The van der Waals surface area contributed by atoms with Gasteiger partial charge < -0.3 is 25.0 Å². The molecule has 132 valence electrons. The predicted octanol–water partition coefficient (Wildman–Crippen LogP) is -0.401. The number of piperazine rings is 1. The maximum atomic E-state index is 13.8. The fourth-order valence-electron chi connectivity index (χ4n) is 2.48. The van der Waals surface area contributed by atoms with E-state index in [1.807, 2.05) is 4.90 Å². The van der Waals surface area contributed by atoms with Crippen LogP contribution < -0.4 is 10.2 Å². The highest BCUT2D eigenvalue weighted by Crippen LogP contribution is 2.20.